The van der Waals surface area contributed by atoms with Gasteiger partial charge in [-0.2, -0.15) is 0 Å². The van der Waals surface area contributed by atoms with E-state index in [2.05, 4.69) is 10.3 Å². The van der Waals surface area contributed by atoms with Crippen LogP contribution < -0.4 is 24.4 Å². The van der Waals surface area contributed by atoms with E-state index in [1.165, 1.54) is 18.9 Å². The van der Waals surface area contributed by atoms with Crippen molar-refractivity contribution in [2.24, 2.45) is 0 Å². The molecule has 8 nitrogen and oxygen atoms in total. The maximum absolute atomic E-state index is 13.1. The zero-order valence-electron chi connectivity index (χ0n) is 17.4. The number of aromatic nitrogens is 1. The molecule has 3 aromatic rings. The van der Waals surface area contributed by atoms with E-state index in [0.29, 0.717) is 47.3 Å². The summed E-state index contributed by atoms with van der Waals surface area (Å²) in [6, 6.07) is 12.1. The van der Waals surface area contributed by atoms with Gasteiger partial charge in [-0.05, 0) is 42.5 Å². The van der Waals surface area contributed by atoms with Crippen molar-refractivity contribution >= 4 is 35.0 Å². The third-order valence-corrected chi connectivity index (χ3v) is 6.27. The van der Waals surface area contributed by atoms with Crippen molar-refractivity contribution in [2.75, 3.05) is 37.6 Å². The molecule has 2 aromatic carbocycles. The largest absolute Gasteiger partial charge is 0.493 e. The molecule has 0 atom stereocenters. The third-order valence-electron chi connectivity index (χ3n) is 5.18. The Morgan fingerprint density at radius 3 is 2.88 bits per heavy atom. The zero-order chi connectivity index (χ0) is 22.2. The maximum Gasteiger partial charge on any atom is 0.259 e. The van der Waals surface area contributed by atoms with E-state index in [4.69, 9.17) is 14.2 Å². The molecule has 32 heavy (non-hydrogen) atoms. The Labute approximate surface area is 188 Å². The molecule has 0 saturated carbocycles. The van der Waals surface area contributed by atoms with Gasteiger partial charge >= 0.3 is 0 Å². The molecule has 162 valence electrons. The predicted molar refractivity (Wildman–Crippen MR) is 119 cm³/mol. The molecule has 0 unspecified atom stereocenters. The van der Waals surface area contributed by atoms with Gasteiger partial charge in [-0.25, -0.2) is 4.98 Å². The second-order valence-corrected chi connectivity index (χ2v) is 8.19. The molecule has 2 aliphatic heterocycles. The molecule has 0 spiro atoms. The summed E-state index contributed by atoms with van der Waals surface area (Å²) < 4.78 is 16.6. The van der Waals surface area contributed by atoms with Gasteiger partial charge in [0.1, 0.15) is 18.2 Å². The number of nitrogens with zero attached hydrogens (tertiary/aromatic N) is 2. The van der Waals surface area contributed by atoms with Gasteiger partial charge in [-0.15, -0.1) is 0 Å². The number of hydrogen-bond donors (Lipinski definition) is 1. The first kappa shape index (κ1) is 20.2. The molecule has 0 bridgehead atoms. The van der Waals surface area contributed by atoms with Crippen LogP contribution in [0.5, 0.6) is 17.2 Å². The van der Waals surface area contributed by atoms with E-state index >= 15 is 0 Å². The number of nitrogens with one attached hydrogen (secondary N) is 1. The number of methoxy groups -OCH3 is 1. The SMILES string of the molecule is COc1cc(C(=O)Nc2ccc3c(c2)C(=O)N(C)c2cccnc2S3)cc2c1OCCO2. The number of benzene rings is 2. The first-order valence-corrected chi connectivity index (χ1v) is 10.7. The van der Waals surface area contributed by atoms with Gasteiger partial charge in [0.2, 0.25) is 5.75 Å². The monoisotopic (exact) mass is 449 g/mol. The number of ether oxygens (including phenoxy) is 3. The van der Waals surface area contributed by atoms with Crippen LogP contribution in [0.2, 0.25) is 0 Å². The lowest BCUT2D eigenvalue weighted by Crippen LogP contribution is -2.26. The second kappa shape index (κ2) is 8.08. The lowest BCUT2D eigenvalue weighted by Gasteiger charge is -2.21. The van der Waals surface area contributed by atoms with Crippen LogP contribution in [0.15, 0.2) is 58.6 Å². The van der Waals surface area contributed by atoms with Crippen molar-refractivity contribution in [2.45, 2.75) is 9.92 Å². The fourth-order valence-corrected chi connectivity index (χ4v) is 4.61. The molecule has 0 radical (unpaired) electrons. The minimum atomic E-state index is -0.354. The van der Waals surface area contributed by atoms with Gasteiger partial charge in [0.25, 0.3) is 11.8 Å². The Hall–Kier alpha value is -3.72. The second-order valence-electron chi connectivity index (χ2n) is 7.16. The van der Waals surface area contributed by atoms with Gasteiger partial charge in [0, 0.05) is 29.4 Å². The van der Waals surface area contributed by atoms with Crippen molar-refractivity contribution in [3.8, 4) is 17.2 Å². The van der Waals surface area contributed by atoms with Gasteiger partial charge < -0.3 is 24.4 Å². The summed E-state index contributed by atoms with van der Waals surface area (Å²) in [6.45, 7) is 0.820. The van der Waals surface area contributed by atoms with Crippen molar-refractivity contribution < 1.29 is 23.8 Å². The Balaban J connectivity index is 1.44. The Morgan fingerprint density at radius 1 is 1.19 bits per heavy atom. The van der Waals surface area contributed by atoms with Crippen LogP contribution in [0.4, 0.5) is 11.4 Å². The smallest absolute Gasteiger partial charge is 0.259 e. The number of rotatable bonds is 3. The van der Waals surface area contributed by atoms with Gasteiger partial charge in [-0.3, -0.25) is 9.59 Å². The van der Waals surface area contributed by atoms with Crippen LogP contribution in [-0.4, -0.2) is 44.2 Å². The highest BCUT2D eigenvalue weighted by atomic mass is 32.2. The molecule has 0 aliphatic carbocycles. The van der Waals surface area contributed by atoms with Gasteiger partial charge in [0.05, 0.1) is 18.4 Å². The van der Waals surface area contributed by atoms with Crippen molar-refractivity contribution in [3.05, 3.63) is 59.8 Å². The molecule has 0 saturated heterocycles. The van der Waals surface area contributed by atoms with Crippen molar-refractivity contribution in [1.29, 1.82) is 0 Å². The Morgan fingerprint density at radius 2 is 2.03 bits per heavy atom. The molecular weight excluding hydrogens is 430 g/mol. The summed E-state index contributed by atoms with van der Waals surface area (Å²) in [5, 5.41) is 3.61. The lowest BCUT2D eigenvalue weighted by molar-refractivity contribution is 0.0987. The summed E-state index contributed by atoms with van der Waals surface area (Å²) in [5.41, 5.74) is 2.10. The van der Waals surface area contributed by atoms with Crippen LogP contribution >= 0.6 is 11.8 Å². The highest BCUT2D eigenvalue weighted by Crippen LogP contribution is 2.41. The zero-order valence-corrected chi connectivity index (χ0v) is 18.2. The molecule has 1 aromatic heterocycles. The predicted octanol–water partition coefficient (Wildman–Crippen LogP) is 3.85. The average molecular weight is 449 g/mol. The molecule has 9 heteroatoms. The number of pyridine rings is 1. The highest BCUT2D eigenvalue weighted by molar-refractivity contribution is 7.99. The Kier molecular flexibility index (Phi) is 5.10. The summed E-state index contributed by atoms with van der Waals surface area (Å²) in [6.07, 6.45) is 1.70. The average Bonchev–Trinajstić information content (AvgIpc) is 2.93. The molecular formula is C23H19N3O5S. The van der Waals surface area contributed by atoms with Crippen molar-refractivity contribution in [1.82, 2.24) is 4.98 Å². The number of fused-ring (bicyclic) bond motifs is 3. The topological polar surface area (TPSA) is 90.0 Å². The van der Waals surface area contributed by atoms with Crippen LogP contribution in [0, 0.1) is 0 Å². The highest BCUT2D eigenvalue weighted by Gasteiger charge is 2.26. The van der Waals surface area contributed by atoms with E-state index in [1.54, 1.807) is 48.5 Å². The maximum atomic E-state index is 13.1. The fraction of sp³-hybridized carbons (Fsp3) is 0.174. The molecule has 1 N–H and O–H groups in total. The van der Waals surface area contributed by atoms with Crippen LogP contribution in [0.1, 0.15) is 20.7 Å². The standard InChI is InChI=1S/C23H19N3O5S/c1-26-16-4-3-7-24-22(16)32-19-6-5-14(12-15(19)23(26)28)25-21(27)13-10-17(29-2)20-18(11-13)30-8-9-31-20/h3-7,10-12H,8-9H2,1-2H3,(H,25,27). The minimum absolute atomic E-state index is 0.170. The van der Waals surface area contributed by atoms with E-state index in [1.807, 2.05) is 12.1 Å². The summed E-state index contributed by atoms with van der Waals surface area (Å²) in [5.74, 6) is 0.844. The first-order chi connectivity index (χ1) is 15.5. The molecule has 2 aliphatic rings. The van der Waals surface area contributed by atoms with Crippen LogP contribution in [-0.2, 0) is 0 Å². The summed E-state index contributed by atoms with van der Waals surface area (Å²) >= 11 is 1.42. The first-order valence-electron chi connectivity index (χ1n) is 9.89. The quantitative estimate of drug-likeness (QED) is 0.649. The Bertz CT molecular complexity index is 1230. The molecule has 0 fully saturated rings. The molecule has 2 amide bonds. The summed E-state index contributed by atoms with van der Waals surface area (Å²) in [4.78, 5) is 32.8. The van der Waals surface area contributed by atoms with Crippen LogP contribution in [0.25, 0.3) is 0 Å². The van der Waals surface area contributed by atoms with E-state index < -0.39 is 0 Å². The van der Waals surface area contributed by atoms with E-state index in [0.717, 1.165) is 15.6 Å². The normalized spacial score (nSPS) is 14.2. The number of carbonyl (C=O) groups is 2. The van der Waals surface area contributed by atoms with Crippen molar-refractivity contribution in [3.63, 3.8) is 0 Å². The summed E-state index contributed by atoms with van der Waals surface area (Å²) in [7, 11) is 3.22. The number of hydrogen-bond acceptors (Lipinski definition) is 7. The lowest BCUT2D eigenvalue weighted by atomic mass is 10.1. The van der Waals surface area contributed by atoms with Gasteiger partial charge in [0.15, 0.2) is 11.5 Å². The fourth-order valence-electron chi connectivity index (χ4n) is 3.58. The minimum Gasteiger partial charge on any atom is -0.493 e. The van der Waals surface area contributed by atoms with Crippen LogP contribution in [0.3, 0.4) is 0 Å². The number of carbonyl (C=O) groups excluding carboxylic acids is 2. The van der Waals surface area contributed by atoms with E-state index in [-0.39, 0.29) is 11.8 Å². The molecule has 3 heterocycles. The van der Waals surface area contributed by atoms with E-state index in [9.17, 15) is 9.59 Å². The third kappa shape index (κ3) is 3.50. The van der Waals surface area contributed by atoms with Gasteiger partial charge in [-0.1, -0.05) is 11.8 Å². The number of anilines is 2. The number of amides is 2. The molecule has 5 rings (SSSR count).